The monoisotopic (exact) mass is 672 g/mol. The third kappa shape index (κ3) is 7.52. The summed E-state index contributed by atoms with van der Waals surface area (Å²) in [7, 11) is 0. The first kappa shape index (κ1) is 33.1. The number of aromatic nitrogens is 1. The number of aromatic hydroxyl groups is 1. The van der Waals surface area contributed by atoms with Gasteiger partial charge in [0.05, 0.1) is 21.7 Å². The van der Waals surface area contributed by atoms with E-state index in [1.165, 1.54) is 6.20 Å². The Morgan fingerprint density at radius 3 is 2.60 bits per heavy atom. The molecule has 4 atom stereocenters. The zero-order chi connectivity index (χ0) is 32.9. The van der Waals surface area contributed by atoms with Crippen molar-refractivity contribution in [2.75, 3.05) is 6.61 Å². The second kappa shape index (κ2) is 15.0. The highest BCUT2D eigenvalue weighted by Gasteiger charge is 2.29. The number of rotatable bonds is 9. The van der Waals surface area contributed by atoms with Crippen molar-refractivity contribution in [1.29, 1.82) is 5.26 Å². The number of pyridine rings is 1. The molecule has 0 aliphatic heterocycles. The van der Waals surface area contributed by atoms with Gasteiger partial charge in [0.15, 0.2) is 0 Å². The van der Waals surface area contributed by atoms with Gasteiger partial charge in [-0.1, -0.05) is 66.4 Å². The summed E-state index contributed by atoms with van der Waals surface area (Å²) in [4.78, 5) is 4.17. The van der Waals surface area contributed by atoms with Gasteiger partial charge in [0.2, 0.25) is 0 Å². The van der Waals surface area contributed by atoms with Crippen LogP contribution in [0.3, 0.4) is 0 Å². The summed E-state index contributed by atoms with van der Waals surface area (Å²) in [5.74, 6) is 1.48. The van der Waals surface area contributed by atoms with Gasteiger partial charge < -0.3 is 24.8 Å². The molecular formula is C38H38Cl2N2O5. The van der Waals surface area contributed by atoms with E-state index in [0.717, 1.165) is 78.3 Å². The van der Waals surface area contributed by atoms with E-state index in [1.54, 1.807) is 24.4 Å². The number of nitrogens with zero attached hydrogens (tertiary/aromatic N) is 2. The van der Waals surface area contributed by atoms with Crippen LogP contribution in [0, 0.1) is 23.2 Å². The van der Waals surface area contributed by atoms with Crippen molar-refractivity contribution in [3.8, 4) is 34.4 Å². The molecule has 9 heteroatoms. The van der Waals surface area contributed by atoms with E-state index in [9.17, 15) is 20.6 Å². The lowest BCUT2D eigenvalue weighted by Gasteiger charge is -2.28. The first-order valence-electron chi connectivity index (χ1n) is 16.2. The molecule has 1 fully saturated rings. The maximum absolute atomic E-state index is 10.6. The third-order valence-electron chi connectivity index (χ3n) is 9.53. The van der Waals surface area contributed by atoms with Crippen LogP contribution in [0.1, 0.15) is 72.4 Å². The first-order chi connectivity index (χ1) is 22.8. The smallest absolute Gasteiger partial charge is 0.142 e. The van der Waals surface area contributed by atoms with E-state index in [-0.39, 0.29) is 31.0 Å². The SMILES string of the molecule is N#Cc1cncc(COc2cc(O[C@H]3CCc4c(-c5cccc(O)c5Cl)cccc43)c(Cl)cc2CC2CCCC(CO)C(O)CC2)c1. The molecule has 0 bridgehead atoms. The molecule has 1 heterocycles. The van der Waals surface area contributed by atoms with Crippen LogP contribution in [0.5, 0.6) is 17.2 Å². The molecule has 3 N–H and O–H groups in total. The molecule has 0 amide bonds. The van der Waals surface area contributed by atoms with Gasteiger partial charge in [-0.2, -0.15) is 5.26 Å². The maximum atomic E-state index is 10.6. The summed E-state index contributed by atoms with van der Waals surface area (Å²) in [6.07, 6.45) is 8.93. The molecular weight excluding hydrogens is 635 g/mol. The molecule has 1 saturated carbocycles. The zero-order valence-corrected chi connectivity index (χ0v) is 27.6. The number of halogens is 2. The fourth-order valence-electron chi connectivity index (χ4n) is 7.00. The maximum Gasteiger partial charge on any atom is 0.142 e. The van der Waals surface area contributed by atoms with E-state index in [0.29, 0.717) is 39.4 Å². The molecule has 3 aromatic carbocycles. The molecule has 2 aliphatic carbocycles. The van der Waals surface area contributed by atoms with Gasteiger partial charge in [0.25, 0.3) is 0 Å². The van der Waals surface area contributed by atoms with Gasteiger partial charge in [0.1, 0.15) is 36.0 Å². The fraction of sp³-hybridized carbons (Fsp3) is 0.368. The predicted molar refractivity (Wildman–Crippen MR) is 182 cm³/mol. The van der Waals surface area contributed by atoms with E-state index in [4.69, 9.17) is 32.7 Å². The Balaban J connectivity index is 1.27. The summed E-state index contributed by atoms with van der Waals surface area (Å²) in [5.41, 5.74) is 6.14. The van der Waals surface area contributed by atoms with Gasteiger partial charge in [-0.25, -0.2) is 0 Å². The topological polar surface area (TPSA) is 116 Å². The first-order valence-corrected chi connectivity index (χ1v) is 16.9. The van der Waals surface area contributed by atoms with E-state index in [1.807, 2.05) is 30.3 Å². The fourth-order valence-corrected chi connectivity index (χ4v) is 7.46. The van der Waals surface area contributed by atoms with E-state index < -0.39 is 6.10 Å². The Labute approximate surface area is 285 Å². The minimum absolute atomic E-state index is 0.0130. The highest BCUT2D eigenvalue weighted by atomic mass is 35.5. The number of hydrogen-bond acceptors (Lipinski definition) is 7. The second-order valence-electron chi connectivity index (χ2n) is 12.6. The average molecular weight is 674 g/mol. The second-order valence-corrected chi connectivity index (χ2v) is 13.4. The van der Waals surface area contributed by atoms with Crippen molar-refractivity contribution in [2.24, 2.45) is 11.8 Å². The largest absolute Gasteiger partial charge is 0.506 e. The quantitative estimate of drug-likeness (QED) is 0.164. The number of aliphatic hydroxyl groups excluding tert-OH is 2. The van der Waals surface area contributed by atoms with Crippen LogP contribution in [0.4, 0.5) is 0 Å². The number of phenolic OH excluding ortho intramolecular Hbond substituents is 1. The number of ether oxygens (including phenoxy) is 2. The lowest BCUT2D eigenvalue weighted by Crippen LogP contribution is -2.27. The van der Waals surface area contributed by atoms with E-state index >= 15 is 0 Å². The summed E-state index contributed by atoms with van der Waals surface area (Å²) < 4.78 is 13.0. The molecule has 0 spiro atoms. The lowest BCUT2D eigenvalue weighted by atomic mass is 9.82. The van der Waals surface area contributed by atoms with E-state index in [2.05, 4.69) is 17.1 Å². The molecule has 244 valence electrons. The van der Waals surface area contributed by atoms with Gasteiger partial charge >= 0.3 is 0 Å². The highest BCUT2D eigenvalue weighted by molar-refractivity contribution is 6.34. The summed E-state index contributed by atoms with van der Waals surface area (Å²) in [5, 5.41) is 40.6. The van der Waals surface area contributed by atoms with Crippen LogP contribution in [0.15, 0.2) is 67.0 Å². The molecule has 7 nitrogen and oxygen atoms in total. The molecule has 0 radical (unpaired) electrons. The van der Waals surface area contributed by atoms with Crippen molar-refractivity contribution in [2.45, 2.75) is 70.2 Å². The molecule has 6 rings (SSSR count). The summed E-state index contributed by atoms with van der Waals surface area (Å²) >= 11 is 13.4. The average Bonchev–Trinajstić information content (AvgIpc) is 3.49. The number of fused-ring (bicyclic) bond motifs is 1. The molecule has 0 saturated heterocycles. The number of hydrogen-bond donors (Lipinski definition) is 3. The summed E-state index contributed by atoms with van der Waals surface area (Å²) in [6.45, 7) is 0.234. The molecule has 3 unspecified atom stereocenters. The number of phenols is 1. The van der Waals surface area contributed by atoms with Gasteiger partial charge in [-0.3, -0.25) is 4.98 Å². The zero-order valence-electron chi connectivity index (χ0n) is 26.0. The highest BCUT2D eigenvalue weighted by Crippen LogP contribution is 2.45. The van der Waals surface area contributed by atoms with Crippen molar-refractivity contribution < 1.29 is 24.8 Å². The minimum Gasteiger partial charge on any atom is -0.506 e. The molecule has 2 aliphatic rings. The predicted octanol–water partition coefficient (Wildman–Crippen LogP) is 8.37. The van der Waals surface area contributed by atoms with Crippen LogP contribution in [-0.2, 0) is 19.4 Å². The van der Waals surface area contributed by atoms with Crippen LogP contribution in [0.2, 0.25) is 10.0 Å². The summed E-state index contributed by atoms with van der Waals surface area (Å²) in [6, 6.07) is 19.0. The normalized spacial score (nSPS) is 20.9. The van der Waals surface area contributed by atoms with Gasteiger partial charge in [-0.05, 0) is 84.9 Å². The van der Waals surface area contributed by atoms with Gasteiger partial charge in [-0.15, -0.1) is 0 Å². The third-order valence-corrected chi connectivity index (χ3v) is 10.2. The Hall–Kier alpha value is -3.80. The Morgan fingerprint density at radius 2 is 1.77 bits per heavy atom. The number of benzene rings is 3. The van der Waals surface area contributed by atoms with Crippen LogP contribution < -0.4 is 9.47 Å². The van der Waals surface area contributed by atoms with Crippen LogP contribution >= 0.6 is 23.2 Å². The molecule has 4 aromatic rings. The Bertz CT molecular complexity index is 1770. The standard InChI is InChI=1S/C38H38Cl2N2O5/c39-32-16-27(15-23-4-1-5-26(21-43)33(44)12-10-23)36(46-22-25-14-24(18-41)19-42-20-25)17-37(32)47-35-13-11-29-28(6-2-7-30(29)35)31-8-3-9-34(45)38(31)40/h2-3,6-9,14,16-17,19-20,23,26,33,35,43-45H,1,4-5,10-13,15,21-22H2/t23?,26?,33?,35-/m0/s1. The minimum atomic E-state index is -0.504. The molecule has 1 aromatic heterocycles. The van der Waals surface area contributed by atoms with Crippen LogP contribution in [-0.4, -0.2) is 33.0 Å². The number of aliphatic hydroxyl groups is 2. The number of nitriles is 1. The van der Waals surface area contributed by atoms with Crippen molar-refractivity contribution in [1.82, 2.24) is 4.98 Å². The van der Waals surface area contributed by atoms with Crippen molar-refractivity contribution in [3.05, 3.63) is 105 Å². The van der Waals surface area contributed by atoms with Crippen molar-refractivity contribution in [3.63, 3.8) is 0 Å². The molecule has 47 heavy (non-hydrogen) atoms. The van der Waals surface area contributed by atoms with Crippen molar-refractivity contribution >= 4 is 23.2 Å². The Kier molecular flexibility index (Phi) is 10.5. The van der Waals surface area contributed by atoms with Gasteiger partial charge in [0, 0.05) is 42.1 Å². The lowest BCUT2D eigenvalue weighted by molar-refractivity contribution is 0.0418. The Morgan fingerprint density at radius 1 is 0.936 bits per heavy atom. The van der Waals surface area contributed by atoms with Crippen LogP contribution in [0.25, 0.3) is 11.1 Å².